The van der Waals surface area contributed by atoms with Crippen molar-refractivity contribution in [2.75, 3.05) is 26.7 Å². The lowest BCUT2D eigenvalue weighted by Crippen LogP contribution is -2.51. The van der Waals surface area contributed by atoms with Crippen molar-refractivity contribution in [1.82, 2.24) is 10.2 Å². The minimum absolute atomic E-state index is 0.229. The summed E-state index contributed by atoms with van der Waals surface area (Å²) in [4.78, 5) is 15.3. The first-order chi connectivity index (χ1) is 13.2. The molecule has 0 aliphatic carbocycles. The number of benzene rings is 2. The van der Waals surface area contributed by atoms with Gasteiger partial charge in [0, 0.05) is 39.0 Å². The molecule has 1 fully saturated rings. The number of hydrogen-bond acceptors (Lipinski definition) is 4. The van der Waals surface area contributed by atoms with E-state index in [1.54, 1.807) is 0 Å². The zero-order valence-electron chi connectivity index (χ0n) is 16.0. The average molecular weight is 364 g/mol. The molecule has 0 radical (unpaired) electrons. The Morgan fingerprint density at radius 1 is 1.07 bits per heavy atom. The van der Waals surface area contributed by atoms with Gasteiger partial charge in [0.1, 0.15) is 11.4 Å². The summed E-state index contributed by atoms with van der Waals surface area (Å²) in [6.45, 7) is 3.82. The Balaban J connectivity index is 1.38. The molecule has 2 aromatic rings. The van der Waals surface area contributed by atoms with Crippen molar-refractivity contribution in [1.29, 1.82) is 0 Å². The van der Waals surface area contributed by atoms with Crippen LogP contribution in [0.4, 0.5) is 0 Å². The third-order valence-corrected chi connectivity index (χ3v) is 5.86. The molecule has 1 N–H and O–H groups in total. The molecule has 0 amide bonds. The van der Waals surface area contributed by atoms with E-state index in [2.05, 4.69) is 46.6 Å². The van der Waals surface area contributed by atoms with Crippen LogP contribution in [0, 0.1) is 0 Å². The van der Waals surface area contributed by atoms with E-state index in [0.29, 0.717) is 6.42 Å². The van der Waals surface area contributed by atoms with Crippen LogP contribution in [0.1, 0.15) is 40.7 Å². The van der Waals surface area contributed by atoms with Crippen molar-refractivity contribution in [3.8, 4) is 5.75 Å². The van der Waals surface area contributed by atoms with Crippen LogP contribution in [0.5, 0.6) is 5.75 Å². The van der Waals surface area contributed by atoms with Gasteiger partial charge in [0.05, 0.1) is 12.0 Å². The minimum atomic E-state index is -0.308. The lowest BCUT2D eigenvalue weighted by molar-refractivity contribution is -0.00868. The van der Waals surface area contributed by atoms with Gasteiger partial charge in [-0.25, -0.2) is 0 Å². The molecule has 27 heavy (non-hydrogen) atoms. The molecule has 0 bridgehead atoms. The predicted molar refractivity (Wildman–Crippen MR) is 107 cm³/mol. The molecule has 2 aromatic carbocycles. The summed E-state index contributed by atoms with van der Waals surface area (Å²) in [6.07, 6.45) is 3.43. The van der Waals surface area contributed by atoms with Gasteiger partial charge >= 0.3 is 0 Å². The molecule has 2 heterocycles. The van der Waals surface area contributed by atoms with E-state index in [1.807, 2.05) is 19.2 Å². The second-order valence-corrected chi connectivity index (χ2v) is 7.82. The summed E-state index contributed by atoms with van der Waals surface area (Å²) in [6, 6.07) is 16.6. The SMILES string of the molecule is CNCc1ccc2c(c1)C(=O)CC1(CCN(CCc3ccccc3)CC1)O2. The van der Waals surface area contributed by atoms with E-state index in [9.17, 15) is 4.79 Å². The Morgan fingerprint density at radius 2 is 1.85 bits per heavy atom. The number of carbonyl (C=O) groups excluding carboxylic acids is 1. The smallest absolute Gasteiger partial charge is 0.170 e. The van der Waals surface area contributed by atoms with Gasteiger partial charge in [-0.3, -0.25) is 4.79 Å². The number of fused-ring (bicyclic) bond motifs is 1. The standard InChI is InChI=1S/C23H28N2O2/c1-24-17-19-7-8-22-20(15-19)21(26)16-23(27-22)10-13-25(14-11-23)12-9-18-5-3-2-4-6-18/h2-8,15,24H,9-14,16-17H2,1H3. The number of hydrogen-bond donors (Lipinski definition) is 1. The Hall–Kier alpha value is -2.17. The number of ether oxygens (including phenoxy) is 1. The predicted octanol–water partition coefficient (Wildman–Crippen LogP) is 3.45. The maximum atomic E-state index is 12.8. The topological polar surface area (TPSA) is 41.6 Å². The molecule has 0 aromatic heterocycles. The normalized spacial score (nSPS) is 18.9. The first-order valence-corrected chi connectivity index (χ1v) is 9.93. The summed E-state index contributed by atoms with van der Waals surface area (Å²) in [5, 5.41) is 3.13. The molecule has 1 saturated heterocycles. The number of ketones is 1. The Kier molecular flexibility index (Phi) is 5.28. The van der Waals surface area contributed by atoms with Crippen molar-refractivity contribution in [3.63, 3.8) is 0 Å². The van der Waals surface area contributed by atoms with Gasteiger partial charge in [-0.1, -0.05) is 36.4 Å². The van der Waals surface area contributed by atoms with Crippen molar-refractivity contribution < 1.29 is 9.53 Å². The van der Waals surface area contributed by atoms with Crippen LogP contribution >= 0.6 is 0 Å². The number of Topliss-reactive ketones (excluding diaryl/α,β-unsaturated/α-hetero) is 1. The Labute approximate surface area is 161 Å². The highest BCUT2D eigenvalue weighted by atomic mass is 16.5. The fourth-order valence-corrected chi connectivity index (χ4v) is 4.25. The van der Waals surface area contributed by atoms with Crippen LogP contribution in [0.25, 0.3) is 0 Å². The summed E-state index contributed by atoms with van der Waals surface area (Å²) < 4.78 is 6.41. The van der Waals surface area contributed by atoms with Gasteiger partial charge in [0.25, 0.3) is 0 Å². The van der Waals surface area contributed by atoms with Crippen LogP contribution in [0.2, 0.25) is 0 Å². The molecule has 142 valence electrons. The van der Waals surface area contributed by atoms with Crippen molar-refractivity contribution in [3.05, 3.63) is 65.2 Å². The van der Waals surface area contributed by atoms with Crippen LogP contribution in [0.3, 0.4) is 0 Å². The van der Waals surface area contributed by atoms with E-state index >= 15 is 0 Å². The lowest BCUT2D eigenvalue weighted by atomic mass is 9.82. The summed E-state index contributed by atoms with van der Waals surface area (Å²) in [7, 11) is 1.92. The van der Waals surface area contributed by atoms with E-state index in [-0.39, 0.29) is 11.4 Å². The zero-order valence-corrected chi connectivity index (χ0v) is 16.0. The van der Waals surface area contributed by atoms with Gasteiger partial charge in [-0.2, -0.15) is 0 Å². The molecule has 1 spiro atoms. The minimum Gasteiger partial charge on any atom is -0.486 e. The molecule has 0 atom stereocenters. The second-order valence-electron chi connectivity index (χ2n) is 7.82. The van der Waals surface area contributed by atoms with E-state index < -0.39 is 0 Å². The maximum Gasteiger partial charge on any atom is 0.170 e. The molecule has 2 aliphatic rings. The number of rotatable bonds is 5. The summed E-state index contributed by atoms with van der Waals surface area (Å²) in [5.41, 5.74) is 2.95. The van der Waals surface area contributed by atoms with Crippen LogP contribution in [-0.2, 0) is 13.0 Å². The third kappa shape index (κ3) is 4.07. The molecule has 4 heteroatoms. The number of piperidine rings is 1. The number of carbonyl (C=O) groups is 1. The maximum absolute atomic E-state index is 12.8. The largest absolute Gasteiger partial charge is 0.486 e. The van der Waals surface area contributed by atoms with Crippen molar-refractivity contribution >= 4 is 5.78 Å². The number of likely N-dealkylation sites (tertiary alicyclic amines) is 1. The lowest BCUT2D eigenvalue weighted by Gasteiger charge is -2.44. The van der Waals surface area contributed by atoms with Gasteiger partial charge in [0.2, 0.25) is 0 Å². The monoisotopic (exact) mass is 364 g/mol. The zero-order chi connectivity index (χ0) is 18.7. The number of nitrogens with zero attached hydrogens (tertiary/aromatic N) is 1. The molecule has 0 unspecified atom stereocenters. The van der Waals surface area contributed by atoms with Gasteiger partial charge in [0.15, 0.2) is 5.78 Å². The fraction of sp³-hybridized carbons (Fsp3) is 0.435. The third-order valence-electron chi connectivity index (χ3n) is 5.86. The Bertz CT molecular complexity index is 795. The van der Waals surface area contributed by atoms with E-state index in [4.69, 9.17) is 4.74 Å². The highest BCUT2D eigenvalue weighted by molar-refractivity contribution is 6.00. The van der Waals surface area contributed by atoms with Crippen molar-refractivity contribution in [2.24, 2.45) is 0 Å². The van der Waals surface area contributed by atoms with Crippen LogP contribution in [-0.4, -0.2) is 43.0 Å². The van der Waals surface area contributed by atoms with Crippen molar-refractivity contribution in [2.45, 2.75) is 37.8 Å². The summed E-state index contributed by atoms with van der Waals surface area (Å²) in [5.74, 6) is 0.996. The quantitative estimate of drug-likeness (QED) is 0.882. The molecular formula is C23H28N2O2. The molecule has 4 nitrogen and oxygen atoms in total. The fourth-order valence-electron chi connectivity index (χ4n) is 4.25. The Morgan fingerprint density at radius 3 is 2.59 bits per heavy atom. The summed E-state index contributed by atoms with van der Waals surface area (Å²) >= 11 is 0. The molecule has 0 saturated carbocycles. The average Bonchev–Trinajstić information content (AvgIpc) is 2.69. The van der Waals surface area contributed by atoms with Gasteiger partial charge < -0.3 is 15.0 Å². The molecule has 2 aliphatic heterocycles. The highest BCUT2D eigenvalue weighted by Crippen LogP contribution is 2.39. The van der Waals surface area contributed by atoms with E-state index in [0.717, 1.165) is 62.3 Å². The van der Waals surface area contributed by atoms with Gasteiger partial charge in [-0.05, 0) is 36.7 Å². The van der Waals surface area contributed by atoms with Crippen LogP contribution in [0.15, 0.2) is 48.5 Å². The molecular weight excluding hydrogens is 336 g/mol. The van der Waals surface area contributed by atoms with Crippen LogP contribution < -0.4 is 10.1 Å². The first-order valence-electron chi connectivity index (χ1n) is 9.93. The van der Waals surface area contributed by atoms with Gasteiger partial charge in [-0.15, -0.1) is 0 Å². The number of nitrogens with one attached hydrogen (secondary N) is 1. The van der Waals surface area contributed by atoms with E-state index in [1.165, 1.54) is 5.56 Å². The highest BCUT2D eigenvalue weighted by Gasteiger charge is 2.42. The molecule has 4 rings (SSSR count). The first kappa shape index (κ1) is 18.2. The second kappa shape index (κ2) is 7.83.